The predicted octanol–water partition coefficient (Wildman–Crippen LogP) is -2.86. The molecule has 0 bridgehead atoms. The topological polar surface area (TPSA) is 173 Å². The Hall–Kier alpha value is 1.40. The first-order chi connectivity index (χ1) is 18.0. The number of allylic oxidation sites excluding steroid dienone is 1. The summed E-state index contributed by atoms with van der Waals surface area (Å²) in [5, 5.41) is 22.8. The molecule has 14 heteroatoms. The van der Waals surface area contributed by atoms with Gasteiger partial charge in [-0.2, -0.15) is 0 Å². The van der Waals surface area contributed by atoms with E-state index in [0.717, 1.165) is 25.7 Å². The zero-order valence-electron chi connectivity index (χ0n) is 25.3. The van der Waals surface area contributed by atoms with Gasteiger partial charge in [-0.3, -0.25) is 8.37 Å². The third-order valence-corrected chi connectivity index (χ3v) is 11.8. The van der Waals surface area contributed by atoms with E-state index in [0.29, 0.717) is 25.2 Å². The molecule has 4 aliphatic rings. The Balaban J connectivity index is 0.00000294. The molecule has 2 N–H and O–H groups in total. The average Bonchev–Trinajstić information content (AvgIpc) is 3.12. The Bertz CT molecular complexity index is 1130. The Kier molecular flexibility index (Phi) is 13.6. The van der Waals surface area contributed by atoms with Gasteiger partial charge < -0.3 is 19.3 Å². The zero-order chi connectivity index (χ0) is 29.0. The van der Waals surface area contributed by atoms with E-state index in [-0.39, 0.29) is 113 Å². The molecule has 0 aliphatic heterocycles. The summed E-state index contributed by atoms with van der Waals surface area (Å²) < 4.78 is 77.0. The second-order valence-corrected chi connectivity index (χ2v) is 15.5. The quantitative estimate of drug-likeness (QED) is 0.116. The summed E-state index contributed by atoms with van der Waals surface area (Å²) in [4.78, 5) is 0. The number of hydrogen-bond donors (Lipinski definition) is 2. The second kappa shape index (κ2) is 14.4. The van der Waals surface area contributed by atoms with Gasteiger partial charge in [-0.15, -0.1) is 0 Å². The average molecular weight is 639 g/mol. The van der Waals surface area contributed by atoms with E-state index in [1.54, 1.807) is 0 Å². The summed E-state index contributed by atoms with van der Waals surface area (Å²) in [5.41, 5.74) is -0.730. The van der Waals surface area contributed by atoms with Crippen molar-refractivity contribution in [1.82, 2.24) is 0 Å². The zero-order valence-corrected chi connectivity index (χ0v) is 30.9. The SMILES string of the molecule is CC(C)C/C=C/[C@@H](COS(=O)(=O)[O-])[C@H]1CCC2C3CC[C@@H]4[C@H](O)[C@H](OS(=O)(=O)[O-])CC[C@]4(C)C3C(O)C[C@@]21C.[Na+].[Na+]. The third-order valence-electron chi connectivity index (χ3n) is 10.9. The maximum atomic E-state index is 11.7. The van der Waals surface area contributed by atoms with Crippen LogP contribution in [-0.2, 0) is 29.2 Å². The van der Waals surface area contributed by atoms with E-state index in [4.69, 9.17) is 4.18 Å². The molecule has 4 unspecified atom stereocenters. The molecule has 226 valence electrons. The molecule has 4 rings (SSSR count). The Morgan fingerprint density at radius 2 is 1.56 bits per heavy atom. The minimum atomic E-state index is -4.94. The van der Waals surface area contributed by atoms with Crippen LogP contribution in [0.2, 0.25) is 0 Å². The van der Waals surface area contributed by atoms with Crippen molar-refractivity contribution in [3.63, 3.8) is 0 Å². The maximum absolute atomic E-state index is 11.7. The molecule has 10 nitrogen and oxygen atoms in total. The molecule has 0 spiro atoms. The molecule has 11 atom stereocenters. The third kappa shape index (κ3) is 8.41. The predicted molar refractivity (Wildman–Crippen MR) is 140 cm³/mol. The van der Waals surface area contributed by atoms with E-state index >= 15 is 0 Å². The number of aliphatic hydroxyl groups excluding tert-OH is 2. The summed E-state index contributed by atoms with van der Waals surface area (Å²) in [5.74, 6) is 0.246. The van der Waals surface area contributed by atoms with Crippen LogP contribution in [0, 0.1) is 52.3 Å². The van der Waals surface area contributed by atoms with Crippen LogP contribution >= 0.6 is 0 Å². The fourth-order valence-electron chi connectivity index (χ4n) is 9.42. The molecule has 0 aromatic heterocycles. The van der Waals surface area contributed by atoms with Crippen LogP contribution < -0.4 is 59.1 Å². The van der Waals surface area contributed by atoms with Crippen LogP contribution in [-0.4, -0.2) is 61.1 Å². The van der Waals surface area contributed by atoms with Gasteiger partial charge in [0.25, 0.3) is 0 Å². The summed E-state index contributed by atoms with van der Waals surface area (Å²) in [6, 6.07) is 0. The van der Waals surface area contributed by atoms with Crippen LogP contribution in [0.4, 0.5) is 0 Å². The monoisotopic (exact) mass is 638 g/mol. The van der Waals surface area contributed by atoms with E-state index < -0.39 is 44.5 Å². The van der Waals surface area contributed by atoms with Gasteiger partial charge in [0.1, 0.15) is 6.10 Å². The normalized spacial score (nSPS) is 41.6. The van der Waals surface area contributed by atoms with Crippen LogP contribution in [0.1, 0.15) is 79.1 Å². The van der Waals surface area contributed by atoms with Gasteiger partial charge in [0.2, 0.25) is 20.8 Å². The molecule has 0 aromatic carbocycles. The molecule has 0 amide bonds. The van der Waals surface area contributed by atoms with E-state index in [1.165, 1.54) is 0 Å². The first-order valence-corrected chi connectivity index (χ1v) is 16.9. The van der Waals surface area contributed by atoms with Crippen molar-refractivity contribution in [2.24, 2.45) is 52.3 Å². The van der Waals surface area contributed by atoms with Crippen LogP contribution in [0.25, 0.3) is 0 Å². The van der Waals surface area contributed by atoms with Crippen molar-refractivity contribution in [3.8, 4) is 0 Å². The van der Waals surface area contributed by atoms with Gasteiger partial charge >= 0.3 is 59.1 Å². The van der Waals surface area contributed by atoms with Crippen molar-refractivity contribution in [2.45, 2.75) is 97.4 Å². The van der Waals surface area contributed by atoms with Crippen LogP contribution in [0.5, 0.6) is 0 Å². The van der Waals surface area contributed by atoms with Crippen molar-refractivity contribution < 1.29 is 104 Å². The van der Waals surface area contributed by atoms with Gasteiger partial charge in [-0.25, -0.2) is 16.8 Å². The van der Waals surface area contributed by atoms with E-state index in [1.807, 2.05) is 12.2 Å². The summed E-state index contributed by atoms with van der Waals surface area (Å²) >= 11 is 0. The van der Waals surface area contributed by atoms with Crippen molar-refractivity contribution >= 4 is 20.8 Å². The first-order valence-electron chi connectivity index (χ1n) is 14.2. The largest absolute Gasteiger partial charge is 1.00 e. The molecular formula is C27H44Na2O10S2. The molecule has 0 heterocycles. The van der Waals surface area contributed by atoms with Gasteiger partial charge in [0.15, 0.2) is 0 Å². The van der Waals surface area contributed by atoms with Gasteiger partial charge in [0.05, 0.1) is 18.8 Å². The number of aliphatic hydroxyl groups is 2. The molecular weight excluding hydrogens is 594 g/mol. The minimum Gasteiger partial charge on any atom is -0.726 e. The van der Waals surface area contributed by atoms with Crippen molar-refractivity contribution in [2.75, 3.05) is 6.61 Å². The Morgan fingerprint density at radius 1 is 0.927 bits per heavy atom. The summed E-state index contributed by atoms with van der Waals surface area (Å²) in [6.07, 6.45) is 6.40. The molecule has 4 saturated carbocycles. The fourth-order valence-corrected chi connectivity index (χ4v) is 10.3. The molecule has 41 heavy (non-hydrogen) atoms. The Morgan fingerprint density at radius 3 is 2.15 bits per heavy atom. The van der Waals surface area contributed by atoms with Crippen LogP contribution in [0.3, 0.4) is 0 Å². The van der Waals surface area contributed by atoms with E-state index in [2.05, 4.69) is 31.9 Å². The molecule has 4 fully saturated rings. The minimum absolute atomic E-state index is 0. The van der Waals surface area contributed by atoms with Crippen molar-refractivity contribution in [1.29, 1.82) is 0 Å². The number of fused-ring (bicyclic) bond motifs is 5. The smallest absolute Gasteiger partial charge is 0.726 e. The summed E-state index contributed by atoms with van der Waals surface area (Å²) in [6.45, 7) is 8.22. The number of hydrogen-bond acceptors (Lipinski definition) is 10. The standard InChI is InChI=1S/C27H46O10S2.2Na/c1-16(2)6-5-7-17(15-36-38(30,31)32)19-10-11-20-18-8-9-21-25(29)23(37-39(33,34)35)12-13-26(21,3)24(18)22(28)14-27(19,20)4;;/h5,7,16-25,28-29H,6,8-15H2,1-4H3,(H,30,31,32)(H,33,34,35);;/q;2*+1/p-2/b7-5+;;/t17-,18?,19+,20?,21+,22?,23+,24?,25-,26-,27+;;/m0../s1. The summed E-state index contributed by atoms with van der Waals surface area (Å²) in [7, 11) is -9.78. The van der Waals surface area contributed by atoms with Crippen molar-refractivity contribution in [3.05, 3.63) is 12.2 Å². The molecule has 0 saturated heterocycles. The Labute approximate surface area is 290 Å². The van der Waals surface area contributed by atoms with E-state index in [9.17, 15) is 36.2 Å². The molecule has 0 radical (unpaired) electrons. The number of rotatable bonds is 9. The fraction of sp³-hybridized carbons (Fsp3) is 0.926. The van der Waals surface area contributed by atoms with Gasteiger partial charge in [0, 0.05) is 5.92 Å². The van der Waals surface area contributed by atoms with Gasteiger partial charge in [-0.1, -0.05) is 39.8 Å². The van der Waals surface area contributed by atoms with Crippen LogP contribution in [0.15, 0.2) is 12.2 Å². The molecule has 4 aliphatic carbocycles. The first kappa shape index (κ1) is 38.6. The maximum Gasteiger partial charge on any atom is 1.00 e. The second-order valence-electron chi connectivity index (χ2n) is 13.4. The molecule has 0 aromatic rings. The van der Waals surface area contributed by atoms with Gasteiger partial charge in [-0.05, 0) is 97.7 Å².